The Morgan fingerprint density at radius 2 is 2.05 bits per heavy atom. The average molecular weight is 275 g/mol. The molecular formula is C16H21NO3. The van der Waals surface area contributed by atoms with Crippen molar-refractivity contribution in [3.63, 3.8) is 0 Å². The zero-order chi connectivity index (χ0) is 14.7. The van der Waals surface area contributed by atoms with Crippen LogP contribution in [0.1, 0.15) is 44.6 Å². The van der Waals surface area contributed by atoms with Crippen molar-refractivity contribution in [2.24, 2.45) is 5.92 Å². The minimum absolute atomic E-state index is 0.0744. The number of carbonyl (C=O) groups excluding carboxylic acids is 1. The second-order valence-corrected chi connectivity index (χ2v) is 5.79. The van der Waals surface area contributed by atoms with Crippen LogP contribution in [0.25, 0.3) is 0 Å². The summed E-state index contributed by atoms with van der Waals surface area (Å²) in [6, 6.07) is 7.63. The number of aliphatic carboxylic acids is 1. The van der Waals surface area contributed by atoms with Gasteiger partial charge in [0, 0.05) is 24.6 Å². The second-order valence-electron chi connectivity index (χ2n) is 5.79. The molecule has 0 fully saturated rings. The topological polar surface area (TPSA) is 57.6 Å². The van der Waals surface area contributed by atoms with Gasteiger partial charge in [-0.3, -0.25) is 9.59 Å². The highest BCUT2D eigenvalue weighted by atomic mass is 16.4. The van der Waals surface area contributed by atoms with Gasteiger partial charge in [-0.05, 0) is 24.0 Å². The Bertz CT molecular complexity index is 510. The summed E-state index contributed by atoms with van der Waals surface area (Å²) in [6.07, 6.45) is 1.46. The van der Waals surface area contributed by atoms with Crippen molar-refractivity contribution in [2.75, 3.05) is 11.4 Å². The fraction of sp³-hybridized carbons (Fsp3) is 0.500. The summed E-state index contributed by atoms with van der Waals surface area (Å²) < 4.78 is 0. The number of hydrogen-bond acceptors (Lipinski definition) is 2. The van der Waals surface area contributed by atoms with Crippen LogP contribution in [0.3, 0.4) is 0 Å². The maximum absolute atomic E-state index is 12.3. The van der Waals surface area contributed by atoms with Crippen LogP contribution in [0, 0.1) is 5.92 Å². The predicted octanol–water partition coefficient (Wildman–Crippen LogP) is 3.03. The molecule has 0 saturated heterocycles. The fourth-order valence-electron chi connectivity index (χ4n) is 2.66. The quantitative estimate of drug-likeness (QED) is 0.898. The van der Waals surface area contributed by atoms with Crippen LogP contribution in [-0.4, -0.2) is 23.5 Å². The molecule has 0 aromatic heterocycles. The smallest absolute Gasteiger partial charge is 0.304 e. The van der Waals surface area contributed by atoms with Crippen molar-refractivity contribution < 1.29 is 14.7 Å². The van der Waals surface area contributed by atoms with Gasteiger partial charge in [-0.25, -0.2) is 0 Å². The molecule has 1 unspecified atom stereocenters. The van der Waals surface area contributed by atoms with Crippen molar-refractivity contribution in [2.45, 2.75) is 39.0 Å². The third-order valence-corrected chi connectivity index (χ3v) is 3.73. The van der Waals surface area contributed by atoms with E-state index in [-0.39, 0.29) is 18.2 Å². The number of nitrogens with zero attached hydrogens (tertiary/aromatic N) is 1. The Morgan fingerprint density at radius 3 is 2.70 bits per heavy atom. The molecule has 0 radical (unpaired) electrons. The van der Waals surface area contributed by atoms with E-state index in [9.17, 15) is 9.59 Å². The van der Waals surface area contributed by atoms with Crippen LogP contribution in [0.2, 0.25) is 0 Å². The van der Waals surface area contributed by atoms with Gasteiger partial charge in [0.1, 0.15) is 0 Å². The molecule has 4 heteroatoms. The van der Waals surface area contributed by atoms with Gasteiger partial charge in [-0.15, -0.1) is 0 Å². The minimum Gasteiger partial charge on any atom is -0.481 e. The molecule has 0 saturated carbocycles. The normalized spacial score (nSPS) is 17.4. The number of para-hydroxylation sites is 1. The van der Waals surface area contributed by atoms with E-state index in [0.29, 0.717) is 18.9 Å². The molecular weight excluding hydrogens is 254 g/mol. The van der Waals surface area contributed by atoms with E-state index in [1.54, 1.807) is 4.90 Å². The average Bonchev–Trinajstić information content (AvgIpc) is 2.74. The number of anilines is 1. The fourth-order valence-corrected chi connectivity index (χ4v) is 2.66. The number of fused-ring (bicyclic) bond motifs is 1. The molecule has 2 rings (SSSR count). The largest absolute Gasteiger partial charge is 0.481 e. The molecule has 1 amide bonds. The van der Waals surface area contributed by atoms with Crippen LogP contribution in [0.15, 0.2) is 24.3 Å². The summed E-state index contributed by atoms with van der Waals surface area (Å²) in [4.78, 5) is 25.0. The van der Waals surface area contributed by atoms with E-state index >= 15 is 0 Å². The Morgan fingerprint density at radius 1 is 1.35 bits per heavy atom. The lowest BCUT2D eigenvalue weighted by Crippen LogP contribution is -2.30. The third-order valence-electron chi connectivity index (χ3n) is 3.73. The lowest BCUT2D eigenvalue weighted by Gasteiger charge is -2.18. The van der Waals surface area contributed by atoms with E-state index in [4.69, 9.17) is 5.11 Å². The van der Waals surface area contributed by atoms with E-state index in [2.05, 4.69) is 13.8 Å². The molecule has 0 aliphatic carbocycles. The first-order chi connectivity index (χ1) is 9.49. The number of carboxylic acids is 1. The van der Waals surface area contributed by atoms with Gasteiger partial charge in [0.05, 0.1) is 6.42 Å². The van der Waals surface area contributed by atoms with E-state index in [1.807, 2.05) is 24.3 Å². The zero-order valence-corrected chi connectivity index (χ0v) is 12.0. The summed E-state index contributed by atoms with van der Waals surface area (Å²) in [5, 5.41) is 9.00. The van der Waals surface area contributed by atoms with Gasteiger partial charge in [-0.1, -0.05) is 32.0 Å². The summed E-state index contributed by atoms with van der Waals surface area (Å²) in [6.45, 7) is 4.68. The molecule has 1 aliphatic heterocycles. The van der Waals surface area contributed by atoms with Crippen molar-refractivity contribution >= 4 is 17.6 Å². The van der Waals surface area contributed by atoms with E-state index < -0.39 is 5.97 Å². The van der Waals surface area contributed by atoms with Gasteiger partial charge in [0.2, 0.25) is 5.91 Å². The van der Waals surface area contributed by atoms with Crippen LogP contribution >= 0.6 is 0 Å². The Labute approximate surface area is 119 Å². The Hall–Kier alpha value is -1.84. The van der Waals surface area contributed by atoms with Gasteiger partial charge in [0.15, 0.2) is 0 Å². The molecule has 20 heavy (non-hydrogen) atoms. The number of amides is 1. The monoisotopic (exact) mass is 275 g/mol. The van der Waals surface area contributed by atoms with Gasteiger partial charge in [-0.2, -0.15) is 0 Å². The third kappa shape index (κ3) is 3.18. The van der Waals surface area contributed by atoms with Crippen molar-refractivity contribution in [1.82, 2.24) is 0 Å². The number of carboxylic acid groups (broad SMARTS) is 1. The Balaban J connectivity index is 2.16. The standard InChI is InChI=1S/C16H21NO3/c1-11(2)7-8-15(18)17-10-12(9-16(19)20)13-5-3-4-6-14(13)17/h3-6,11-12H,7-10H2,1-2H3,(H,19,20). The molecule has 4 nitrogen and oxygen atoms in total. The molecule has 1 aromatic carbocycles. The first kappa shape index (κ1) is 14.6. The summed E-state index contributed by atoms with van der Waals surface area (Å²) in [5.41, 5.74) is 1.86. The first-order valence-electron chi connectivity index (χ1n) is 7.10. The van der Waals surface area contributed by atoms with Crippen LogP contribution in [-0.2, 0) is 9.59 Å². The van der Waals surface area contributed by atoms with Gasteiger partial charge >= 0.3 is 5.97 Å². The maximum Gasteiger partial charge on any atom is 0.304 e. The second kappa shape index (κ2) is 6.07. The van der Waals surface area contributed by atoms with E-state index in [0.717, 1.165) is 17.7 Å². The first-order valence-corrected chi connectivity index (χ1v) is 7.10. The van der Waals surface area contributed by atoms with Gasteiger partial charge in [0.25, 0.3) is 0 Å². The summed E-state index contributed by atoms with van der Waals surface area (Å²) >= 11 is 0. The number of benzene rings is 1. The molecule has 1 atom stereocenters. The van der Waals surface area contributed by atoms with Crippen LogP contribution in [0.5, 0.6) is 0 Å². The summed E-state index contributed by atoms with van der Waals surface area (Å²) in [5.74, 6) is -0.321. The highest BCUT2D eigenvalue weighted by Gasteiger charge is 2.32. The van der Waals surface area contributed by atoms with Crippen LogP contribution in [0.4, 0.5) is 5.69 Å². The van der Waals surface area contributed by atoms with Crippen LogP contribution < -0.4 is 4.90 Å². The highest BCUT2D eigenvalue weighted by molar-refractivity contribution is 5.96. The predicted molar refractivity (Wildman–Crippen MR) is 77.9 cm³/mol. The lowest BCUT2D eigenvalue weighted by molar-refractivity contribution is -0.137. The molecule has 1 N–H and O–H groups in total. The Kier molecular flexibility index (Phi) is 4.42. The highest BCUT2D eigenvalue weighted by Crippen LogP contribution is 2.38. The van der Waals surface area contributed by atoms with E-state index in [1.165, 1.54) is 0 Å². The van der Waals surface area contributed by atoms with Crippen molar-refractivity contribution in [1.29, 1.82) is 0 Å². The minimum atomic E-state index is -0.818. The molecule has 1 aliphatic rings. The zero-order valence-electron chi connectivity index (χ0n) is 12.0. The molecule has 0 spiro atoms. The number of hydrogen-bond donors (Lipinski definition) is 1. The molecule has 108 valence electrons. The van der Waals surface area contributed by atoms with Crippen molar-refractivity contribution in [3.8, 4) is 0 Å². The molecule has 0 bridgehead atoms. The van der Waals surface area contributed by atoms with Gasteiger partial charge < -0.3 is 10.0 Å². The number of carbonyl (C=O) groups is 2. The SMILES string of the molecule is CC(C)CCC(=O)N1CC(CC(=O)O)c2ccccc21. The maximum atomic E-state index is 12.3. The van der Waals surface area contributed by atoms with Crippen molar-refractivity contribution in [3.05, 3.63) is 29.8 Å². The summed E-state index contributed by atoms with van der Waals surface area (Å²) in [7, 11) is 0. The molecule has 1 heterocycles. The lowest BCUT2D eigenvalue weighted by atomic mass is 9.98. The molecule has 1 aromatic rings. The number of rotatable bonds is 5.